The lowest BCUT2D eigenvalue weighted by Gasteiger charge is -2.30. The van der Waals surface area contributed by atoms with Gasteiger partial charge in [0.2, 0.25) is 0 Å². The van der Waals surface area contributed by atoms with Gasteiger partial charge in [0.05, 0.1) is 18.2 Å². The molecule has 140 valence electrons. The Hall–Kier alpha value is -2.54. The summed E-state index contributed by atoms with van der Waals surface area (Å²) in [5, 5.41) is 15.2. The summed E-state index contributed by atoms with van der Waals surface area (Å²) in [5.74, 6) is -0.0822. The van der Waals surface area contributed by atoms with E-state index in [-0.39, 0.29) is 11.8 Å². The maximum absolute atomic E-state index is 12.8. The molecule has 0 aliphatic carbocycles. The second kappa shape index (κ2) is 8.23. The van der Waals surface area contributed by atoms with Crippen LogP contribution in [0.5, 0.6) is 5.75 Å². The first-order valence-electron chi connectivity index (χ1n) is 8.92. The van der Waals surface area contributed by atoms with Gasteiger partial charge in [-0.25, -0.2) is 9.59 Å². The van der Waals surface area contributed by atoms with Crippen LogP contribution in [0, 0.1) is 5.92 Å². The van der Waals surface area contributed by atoms with Crippen LogP contribution >= 0.6 is 0 Å². The zero-order chi connectivity index (χ0) is 18.5. The quantitative estimate of drug-likeness (QED) is 0.701. The van der Waals surface area contributed by atoms with E-state index in [1.54, 1.807) is 18.2 Å². The first kappa shape index (κ1) is 18.3. The maximum atomic E-state index is 12.8. The molecule has 0 aromatic heterocycles. The summed E-state index contributed by atoms with van der Waals surface area (Å²) in [6, 6.07) is 5.48. The summed E-state index contributed by atoms with van der Waals surface area (Å²) in [7, 11) is 0. The monoisotopic (exact) mass is 360 g/mol. The molecule has 1 fully saturated rings. The van der Waals surface area contributed by atoms with Crippen molar-refractivity contribution in [1.29, 1.82) is 0 Å². The average Bonchev–Trinajstić information content (AvgIpc) is 2.66. The molecule has 0 radical (unpaired) electrons. The Kier molecular flexibility index (Phi) is 5.78. The van der Waals surface area contributed by atoms with Crippen LogP contribution < -0.4 is 10.6 Å². The molecule has 2 heterocycles. The number of allylic oxidation sites excluding steroid dienone is 1. The lowest BCUT2D eigenvalue weighted by atomic mass is 9.94. The molecule has 1 saturated heterocycles. The number of carbonyl (C=O) groups is 2. The minimum atomic E-state index is -0.659. The van der Waals surface area contributed by atoms with Crippen LogP contribution in [0.2, 0.25) is 0 Å². The van der Waals surface area contributed by atoms with Crippen molar-refractivity contribution in [2.75, 3.05) is 19.8 Å². The molecule has 1 unspecified atom stereocenters. The highest BCUT2D eigenvalue weighted by Crippen LogP contribution is 2.30. The lowest BCUT2D eigenvalue weighted by Crippen LogP contribution is -2.46. The van der Waals surface area contributed by atoms with Crippen LogP contribution in [0.4, 0.5) is 4.79 Å². The Morgan fingerprint density at radius 1 is 1.35 bits per heavy atom. The van der Waals surface area contributed by atoms with E-state index in [1.165, 1.54) is 6.07 Å². The molecule has 2 amide bonds. The number of ether oxygens (including phenoxy) is 2. The number of carbonyl (C=O) groups excluding carboxylic acids is 2. The summed E-state index contributed by atoms with van der Waals surface area (Å²) >= 11 is 0. The second-order valence-corrected chi connectivity index (χ2v) is 6.53. The highest BCUT2D eigenvalue weighted by Gasteiger charge is 2.33. The number of phenols is 1. The Morgan fingerprint density at radius 3 is 2.81 bits per heavy atom. The maximum Gasteiger partial charge on any atom is 0.338 e. The largest absolute Gasteiger partial charge is 0.508 e. The third-order valence-corrected chi connectivity index (χ3v) is 4.72. The summed E-state index contributed by atoms with van der Waals surface area (Å²) in [5.41, 5.74) is 1.55. The fourth-order valence-corrected chi connectivity index (χ4v) is 3.28. The lowest BCUT2D eigenvalue weighted by molar-refractivity contribution is -0.141. The van der Waals surface area contributed by atoms with E-state index >= 15 is 0 Å². The van der Waals surface area contributed by atoms with Crippen LogP contribution in [-0.4, -0.2) is 36.9 Å². The Balaban J connectivity index is 1.82. The molecule has 0 spiro atoms. The standard InChI is InChI=1S/C19H24N2O5/c1-2-15-16(18(23)26-11-12-6-8-25-9-7-12)17(21-19(24)20-15)13-4-3-5-14(22)10-13/h3-5,10,12,17,22H,2,6-9,11H2,1H3,(H2,20,21,24). The number of urea groups is 1. The predicted molar refractivity (Wildman–Crippen MR) is 94.3 cm³/mol. The number of nitrogens with one attached hydrogen (secondary N) is 2. The minimum Gasteiger partial charge on any atom is -0.508 e. The van der Waals surface area contributed by atoms with Gasteiger partial charge < -0.3 is 25.2 Å². The SMILES string of the molecule is CCC1=C(C(=O)OCC2CCOCC2)C(c2cccc(O)c2)NC(=O)N1. The van der Waals surface area contributed by atoms with Crippen molar-refractivity contribution in [1.82, 2.24) is 10.6 Å². The normalized spacial score (nSPS) is 21.1. The van der Waals surface area contributed by atoms with E-state index in [9.17, 15) is 14.7 Å². The number of rotatable bonds is 5. The van der Waals surface area contributed by atoms with Gasteiger partial charge in [-0.3, -0.25) is 0 Å². The fourth-order valence-electron chi connectivity index (χ4n) is 3.28. The number of phenolic OH excluding ortho intramolecular Hbond substituents is 1. The van der Waals surface area contributed by atoms with Crippen molar-refractivity contribution < 1.29 is 24.2 Å². The molecule has 7 heteroatoms. The van der Waals surface area contributed by atoms with E-state index in [0.717, 1.165) is 12.8 Å². The van der Waals surface area contributed by atoms with Crippen LogP contribution in [0.25, 0.3) is 0 Å². The van der Waals surface area contributed by atoms with Crippen molar-refractivity contribution in [2.24, 2.45) is 5.92 Å². The average molecular weight is 360 g/mol. The minimum absolute atomic E-state index is 0.0725. The van der Waals surface area contributed by atoms with Gasteiger partial charge in [0.15, 0.2) is 0 Å². The highest BCUT2D eigenvalue weighted by molar-refractivity contribution is 5.95. The van der Waals surface area contributed by atoms with Gasteiger partial charge in [-0.1, -0.05) is 19.1 Å². The van der Waals surface area contributed by atoms with Crippen LogP contribution in [-0.2, 0) is 14.3 Å². The number of esters is 1. The molecular weight excluding hydrogens is 336 g/mol. The smallest absolute Gasteiger partial charge is 0.338 e. The van der Waals surface area contributed by atoms with E-state index in [1.807, 2.05) is 6.92 Å². The van der Waals surface area contributed by atoms with Crippen molar-refractivity contribution >= 4 is 12.0 Å². The molecule has 1 aromatic rings. The third-order valence-electron chi connectivity index (χ3n) is 4.72. The Labute approximate surface area is 152 Å². The van der Waals surface area contributed by atoms with Crippen LogP contribution in [0.15, 0.2) is 35.5 Å². The van der Waals surface area contributed by atoms with Gasteiger partial charge in [-0.15, -0.1) is 0 Å². The first-order valence-corrected chi connectivity index (χ1v) is 8.92. The molecular formula is C19H24N2O5. The van der Waals surface area contributed by atoms with Gasteiger partial charge in [-0.2, -0.15) is 0 Å². The fraction of sp³-hybridized carbons (Fsp3) is 0.474. The summed E-state index contributed by atoms with van der Waals surface area (Å²) in [4.78, 5) is 24.8. The topological polar surface area (TPSA) is 96.9 Å². The molecule has 3 N–H and O–H groups in total. The van der Waals surface area contributed by atoms with Gasteiger partial charge in [0.25, 0.3) is 0 Å². The van der Waals surface area contributed by atoms with E-state index in [4.69, 9.17) is 9.47 Å². The first-order chi connectivity index (χ1) is 12.6. The molecule has 7 nitrogen and oxygen atoms in total. The zero-order valence-corrected chi connectivity index (χ0v) is 14.8. The molecule has 2 aliphatic rings. The van der Waals surface area contributed by atoms with Crippen molar-refractivity contribution in [3.63, 3.8) is 0 Å². The number of hydrogen-bond donors (Lipinski definition) is 3. The van der Waals surface area contributed by atoms with Gasteiger partial charge in [0, 0.05) is 18.9 Å². The van der Waals surface area contributed by atoms with E-state index < -0.39 is 12.0 Å². The number of hydrogen-bond acceptors (Lipinski definition) is 5. The Morgan fingerprint density at radius 2 is 2.12 bits per heavy atom. The van der Waals surface area contributed by atoms with Crippen LogP contribution in [0.1, 0.15) is 37.8 Å². The summed E-state index contributed by atoms with van der Waals surface area (Å²) < 4.78 is 10.9. The molecule has 1 atom stereocenters. The number of benzene rings is 1. The molecule has 26 heavy (non-hydrogen) atoms. The van der Waals surface area contributed by atoms with E-state index in [0.29, 0.717) is 49.0 Å². The Bertz CT molecular complexity index is 710. The number of aromatic hydroxyl groups is 1. The van der Waals surface area contributed by atoms with Crippen molar-refractivity contribution in [3.8, 4) is 5.75 Å². The highest BCUT2D eigenvalue weighted by atomic mass is 16.5. The summed E-state index contributed by atoms with van der Waals surface area (Å²) in [6.07, 6.45) is 2.24. The van der Waals surface area contributed by atoms with Crippen molar-refractivity contribution in [3.05, 3.63) is 41.1 Å². The molecule has 1 aromatic carbocycles. The van der Waals surface area contributed by atoms with E-state index in [2.05, 4.69) is 10.6 Å². The molecule has 0 bridgehead atoms. The number of amides is 2. The molecule has 2 aliphatic heterocycles. The zero-order valence-electron chi connectivity index (χ0n) is 14.8. The second-order valence-electron chi connectivity index (χ2n) is 6.53. The molecule has 3 rings (SSSR count). The van der Waals surface area contributed by atoms with Gasteiger partial charge >= 0.3 is 12.0 Å². The third kappa shape index (κ3) is 4.16. The van der Waals surface area contributed by atoms with Gasteiger partial charge in [-0.05, 0) is 42.9 Å². The van der Waals surface area contributed by atoms with Crippen LogP contribution in [0.3, 0.4) is 0 Å². The predicted octanol–water partition coefficient (Wildman–Crippen LogP) is 2.38. The van der Waals surface area contributed by atoms with Crippen molar-refractivity contribution in [2.45, 2.75) is 32.2 Å². The summed E-state index contributed by atoms with van der Waals surface area (Å²) in [6.45, 7) is 3.58. The molecule has 0 saturated carbocycles. The van der Waals surface area contributed by atoms with Gasteiger partial charge in [0.1, 0.15) is 5.75 Å².